The van der Waals surface area contributed by atoms with Crippen molar-refractivity contribution in [3.8, 4) is 0 Å². The molecule has 0 spiro atoms. The van der Waals surface area contributed by atoms with Gasteiger partial charge in [0.15, 0.2) is 0 Å². The van der Waals surface area contributed by atoms with Gasteiger partial charge >= 0.3 is 0 Å². The molecule has 1 aliphatic heterocycles. The van der Waals surface area contributed by atoms with Crippen LogP contribution in [0.5, 0.6) is 0 Å². The first kappa shape index (κ1) is 16.3. The van der Waals surface area contributed by atoms with E-state index in [4.69, 9.17) is 0 Å². The molecule has 1 aromatic carbocycles. The van der Waals surface area contributed by atoms with Crippen molar-refractivity contribution in [2.24, 2.45) is 0 Å². The van der Waals surface area contributed by atoms with Crippen molar-refractivity contribution in [2.75, 3.05) is 32.0 Å². The summed E-state index contributed by atoms with van der Waals surface area (Å²) < 4.78 is 0. The molecule has 0 radical (unpaired) electrons. The van der Waals surface area contributed by atoms with Crippen LogP contribution in [0.3, 0.4) is 0 Å². The van der Waals surface area contributed by atoms with Gasteiger partial charge in [0.1, 0.15) is 0 Å². The molecular weight excluding hydrogens is 278 g/mol. The van der Waals surface area contributed by atoms with Crippen molar-refractivity contribution in [2.45, 2.75) is 13.3 Å². The second-order valence-electron chi connectivity index (χ2n) is 4.64. The second kappa shape index (κ2) is 7.14. The third-order valence-electron chi connectivity index (χ3n) is 3.38. The Morgan fingerprint density at radius 2 is 2.15 bits per heavy atom. The summed E-state index contributed by atoms with van der Waals surface area (Å²) in [5, 5.41) is 5.90. The minimum Gasteiger partial charge on any atom is -0.384 e. The molecule has 1 heterocycles. The zero-order valence-corrected chi connectivity index (χ0v) is 12.5. The van der Waals surface area contributed by atoms with E-state index < -0.39 is 0 Å². The zero-order chi connectivity index (χ0) is 13.8. The molecule has 0 bridgehead atoms. The van der Waals surface area contributed by atoms with Crippen LogP contribution in [0, 0.1) is 0 Å². The second-order valence-corrected chi connectivity index (χ2v) is 4.64. The van der Waals surface area contributed by atoms with E-state index in [-0.39, 0.29) is 30.8 Å². The van der Waals surface area contributed by atoms with Crippen LogP contribution in [0.1, 0.15) is 22.8 Å². The number of carbonyl (C=O) groups is 2. The number of amides is 2. The number of hydrogen-bond donors (Lipinski definition) is 2. The lowest BCUT2D eigenvalue weighted by molar-refractivity contribution is -0.128. The molecule has 110 valence electrons. The maximum atomic E-state index is 12.0. The highest BCUT2D eigenvalue weighted by Gasteiger charge is 2.14. The molecule has 0 saturated heterocycles. The highest BCUT2D eigenvalue weighted by molar-refractivity contribution is 5.97. The average Bonchev–Trinajstić information content (AvgIpc) is 2.90. The van der Waals surface area contributed by atoms with Gasteiger partial charge in [-0.15, -0.1) is 12.4 Å². The van der Waals surface area contributed by atoms with Gasteiger partial charge in [0.05, 0.1) is 6.54 Å². The van der Waals surface area contributed by atoms with Crippen molar-refractivity contribution >= 4 is 29.9 Å². The van der Waals surface area contributed by atoms with Gasteiger partial charge in [0.25, 0.3) is 5.91 Å². The fourth-order valence-corrected chi connectivity index (χ4v) is 2.02. The Morgan fingerprint density at radius 3 is 2.85 bits per heavy atom. The van der Waals surface area contributed by atoms with Crippen molar-refractivity contribution in [3.63, 3.8) is 0 Å². The Morgan fingerprint density at radius 1 is 1.40 bits per heavy atom. The summed E-state index contributed by atoms with van der Waals surface area (Å²) in [5.41, 5.74) is 2.86. The highest BCUT2D eigenvalue weighted by atomic mass is 35.5. The van der Waals surface area contributed by atoms with Gasteiger partial charge in [-0.2, -0.15) is 0 Å². The topological polar surface area (TPSA) is 61.4 Å². The van der Waals surface area contributed by atoms with Crippen LogP contribution >= 0.6 is 12.4 Å². The van der Waals surface area contributed by atoms with E-state index >= 15 is 0 Å². The molecule has 0 aliphatic carbocycles. The van der Waals surface area contributed by atoms with Crippen LogP contribution in [0.2, 0.25) is 0 Å². The lowest BCUT2D eigenvalue weighted by Crippen LogP contribution is -2.38. The summed E-state index contributed by atoms with van der Waals surface area (Å²) in [7, 11) is 1.72. The fraction of sp³-hybridized carbons (Fsp3) is 0.429. The molecule has 0 fully saturated rings. The number of halogens is 1. The Bertz CT molecular complexity index is 505. The highest BCUT2D eigenvalue weighted by Crippen LogP contribution is 2.22. The summed E-state index contributed by atoms with van der Waals surface area (Å²) in [5.74, 6) is -0.286. The summed E-state index contributed by atoms with van der Waals surface area (Å²) in [4.78, 5) is 25.1. The number of carbonyl (C=O) groups excluding carboxylic acids is 2. The smallest absolute Gasteiger partial charge is 0.251 e. The van der Waals surface area contributed by atoms with E-state index in [0.29, 0.717) is 12.1 Å². The Balaban J connectivity index is 0.00000200. The molecule has 2 N–H and O–H groups in total. The quantitative estimate of drug-likeness (QED) is 0.880. The first-order valence-corrected chi connectivity index (χ1v) is 6.50. The number of anilines is 1. The van der Waals surface area contributed by atoms with Gasteiger partial charge in [-0.25, -0.2) is 0 Å². The van der Waals surface area contributed by atoms with E-state index in [1.807, 2.05) is 19.1 Å². The molecule has 2 amide bonds. The lowest BCUT2D eigenvalue weighted by atomic mass is 10.1. The maximum absolute atomic E-state index is 12.0. The number of nitrogens with one attached hydrogen (secondary N) is 2. The molecule has 1 aliphatic rings. The van der Waals surface area contributed by atoms with Gasteiger partial charge < -0.3 is 15.5 Å². The molecule has 5 nitrogen and oxygen atoms in total. The van der Waals surface area contributed by atoms with E-state index in [0.717, 1.165) is 24.2 Å². The number of benzene rings is 1. The van der Waals surface area contributed by atoms with Crippen LogP contribution in [0.15, 0.2) is 18.2 Å². The van der Waals surface area contributed by atoms with E-state index in [1.54, 1.807) is 18.0 Å². The summed E-state index contributed by atoms with van der Waals surface area (Å²) in [6, 6.07) is 5.58. The third kappa shape index (κ3) is 3.63. The first-order valence-electron chi connectivity index (χ1n) is 6.50. The minimum absolute atomic E-state index is 0. The van der Waals surface area contributed by atoms with E-state index in [1.165, 1.54) is 0 Å². The Kier molecular flexibility index (Phi) is 5.82. The van der Waals surface area contributed by atoms with Gasteiger partial charge in [0.2, 0.25) is 5.91 Å². The SMILES string of the molecule is CCN(C)C(=O)CNC(=O)c1ccc2c(c1)CCN2.Cl. The van der Waals surface area contributed by atoms with Crippen LogP contribution in [0.4, 0.5) is 5.69 Å². The number of likely N-dealkylation sites (N-methyl/N-ethyl adjacent to an activating group) is 1. The maximum Gasteiger partial charge on any atom is 0.251 e. The summed E-state index contributed by atoms with van der Waals surface area (Å²) in [6.07, 6.45) is 0.938. The lowest BCUT2D eigenvalue weighted by Gasteiger charge is -2.14. The molecule has 6 heteroatoms. The molecule has 0 unspecified atom stereocenters. The largest absolute Gasteiger partial charge is 0.384 e. The van der Waals surface area contributed by atoms with Crippen LogP contribution in [-0.4, -0.2) is 43.4 Å². The Labute approximate surface area is 125 Å². The summed E-state index contributed by atoms with van der Waals surface area (Å²) >= 11 is 0. The van der Waals surface area contributed by atoms with Crippen molar-refractivity contribution in [3.05, 3.63) is 29.3 Å². The van der Waals surface area contributed by atoms with Crippen molar-refractivity contribution < 1.29 is 9.59 Å². The monoisotopic (exact) mass is 297 g/mol. The normalized spacial score (nSPS) is 11.9. The van der Waals surface area contributed by atoms with E-state index in [9.17, 15) is 9.59 Å². The zero-order valence-electron chi connectivity index (χ0n) is 11.7. The van der Waals surface area contributed by atoms with Crippen LogP contribution in [-0.2, 0) is 11.2 Å². The predicted octanol–water partition coefficient (Wildman–Crippen LogP) is 1.28. The Hall–Kier alpha value is -1.75. The van der Waals surface area contributed by atoms with Crippen molar-refractivity contribution in [1.82, 2.24) is 10.2 Å². The number of hydrogen-bond acceptors (Lipinski definition) is 3. The molecule has 2 rings (SSSR count). The predicted molar refractivity (Wildman–Crippen MR) is 81.5 cm³/mol. The molecular formula is C14H20ClN3O2. The standard InChI is InChI=1S/C14H19N3O2.ClH/c1-3-17(2)13(18)9-16-14(19)11-4-5-12-10(8-11)6-7-15-12;/h4-5,8,15H,3,6-7,9H2,1-2H3,(H,16,19);1H. The molecule has 0 aromatic heterocycles. The number of nitrogens with zero attached hydrogens (tertiary/aromatic N) is 1. The third-order valence-corrected chi connectivity index (χ3v) is 3.38. The first-order chi connectivity index (χ1) is 9.11. The minimum atomic E-state index is -0.201. The van der Waals surface area contributed by atoms with Crippen molar-refractivity contribution in [1.29, 1.82) is 0 Å². The van der Waals surface area contributed by atoms with Crippen LogP contribution in [0.25, 0.3) is 0 Å². The molecule has 0 atom stereocenters. The number of rotatable bonds is 4. The molecule has 20 heavy (non-hydrogen) atoms. The van der Waals surface area contributed by atoms with Gasteiger partial charge in [0, 0.05) is 31.4 Å². The van der Waals surface area contributed by atoms with Crippen LogP contribution < -0.4 is 10.6 Å². The molecule has 0 saturated carbocycles. The van der Waals surface area contributed by atoms with Gasteiger partial charge in [-0.3, -0.25) is 9.59 Å². The van der Waals surface area contributed by atoms with Gasteiger partial charge in [-0.1, -0.05) is 0 Å². The average molecular weight is 298 g/mol. The number of fused-ring (bicyclic) bond motifs is 1. The molecule has 1 aromatic rings. The van der Waals surface area contributed by atoms with Gasteiger partial charge in [-0.05, 0) is 37.1 Å². The fourth-order valence-electron chi connectivity index (χ4n) is 2.02. The summed E-state index contributed by atoms with van der Waals surface area (Å²) in [6.45, 7) is 3.49. The van der Waals surface area contributed by atoms with E-state index in [2.05, 4.69) is 10.6 Å².